The number of aromatic nitrogens is 1. The van der Waals surface area contributed by atoms with Crippen molar-refractivity contribution in [3.63, 3.8) is 0 Å². The molecule has 1 aliphatic rings. The largest absolute Gasteiger partial charge is 0.357 e. The highest BCUT2D eigenvalue weighted by atomic mass is 32.2. The van der Waals surface area contributed by atoms with E-state index in [0.29, 0.717) is 0 Å². The maximum absolute atomic E-state index is 3.54. The van der Waals surface area contributed by atoms with Crippen molar-refractivity contribution in [2.24, 2.45) is 0 Å². The quantitative estimate of drug-likeness (QED) is 0.871. The average molecular weight is 275 g/mol. The van der Waals surface area contributed by atoms with Gasteiger partial charge in [0, 0.05) is 54.2 Å². The van der Waals surface area contributed by atoms with E-state index in [-0.39, 0.29) is 0 Å². The average Bonchev–Trinajstić information content (AvgIpc) is 2.82. The van der Waals surface area contributed by atoms with Gasteiger partial charge in [0.2, 0.25) is 0 Å². The SMILES string of the molecule is CSc1ccc2[nH]c(CN3CCN(C)CC3)cc2c1. The lowest BCUT2D eigenvalue weighted by Crippen LogP contribution is -2.43. The van der Waals surface area contributed by atoms with Gasteiger partial charge in [-0.2, -0.15) is 0 Å². The first-order valence-electron chi connectivity index (χ1n) is 6.81. The Bertz CT molecular complexity index is 556. The summed E-state index contributed by atoms with van der Waals surface area (Å²) in [6, 6.07) is 8.94. The number of rotatable bonds is 3. The summed E-state index contributed by atoms with van der Waals surface area (Å²) in [7, 11) is 2.20. The molecule has 1 aliphatic heterocycles. The summed E-state index contributed by atoms with van der Waals surface area (Å²) in [4.78, 5) is 9.80. The smallest absolute Gasteiger partial charge is 0.0457 e. The summed E-state index contributed by atoms with van der Waals surface area (Å²) in [6.45, 7) is 5.73. The Kier molecular flexibility index (Phi) is 3.82. The minimum absolute atomic E-state index is 1.04. The van der Waals surface area contributed by atoms with Crippen molar-refractivity contribution in [3.8, 4) is 0 Å². The predicted octanol–water partition coefficient (Wildman–Crippen LogP) is 2.64. The zero-order valence-corrected chi connectivity index (χ0v) is 12.5. The van der Waals surface area contributed by atoms with Crippen LogP contribution in [0, 0.1) is 0 Å². The molecule has 0 atom stereocenters. The molecule has 0 amide bonds. The third-order valence-corrected chi connectivity index (χ3v) is 4.60. The Morgan fingerprint density at radius 3 is 2.68 bits per heavy atom. The van der Waals surface area contributed by atoms with Crippen molar-refractivity contribution in [3.05, 3.63) is 30.0 Å². The van der Waals surface area contributed by atoms with Crippen LogP contribution >= 0.6 is 11.8 Å². The number of likely N-dealkylation sites (N-methyl/N-ethyl adjacent to an activating group) is 1. The first kappa shape index (κ1) is 13.0. The van der Waals surface area contributed by atoms with E-state index in [9.17, 15) is 0 Å². The number of benzene rings is 1. The molecule has 0 bridgehead atoms. The lowest BCUT2D eigenvalue weighted by atomic mass is 10.2. The molecule has 2 heterocycles. The third-order valence-electron chi connectivity index (χ3n) is 3.87. The van der Waals surface area contributed by atoms with Crippen LogP contribution in [0.15, 0.2) is 29.2 Å². The molecule has 0 spiro atoms. The number of nitrogens with one attached hydrogen (secondary N) is 1. The molecule has 1 N–H and O–H groups in total. The fourth-order valence-electron chi connectivity index (χ4n) is 2.63. The van der Waals surface area contributed by atoms with Gasteiger partial charge in [0.25, 0.3) is 0 Å². The molecule has 0 saturated carbocycles. The maximum Gasteiger partial charge on any atom is 0.0457 e. The summed E-state index contributed by atoms with van der Waals surface area (Å²) in [5.41, 5.74) is 2.58. The highest BCUT2D eigenvalue weighted by Crippen LogP contribution is 2.23. The molecule has 4 heteroatoms. The second kappa shape index (κ2) is 5.57. The molecular formula is C15H21N3S. The number of thioether (sulfide) groups is 1. The number of aromatic amines is 1. The molecule has 0 radical (unpaired) electrons. The van der Waals surface area contributed by atoms with Crippen LogP contribution in [-0.4, -0.2) is 54.3 Å². The molecule has 1 fully saturated rings. The van der Waals surface area contributed by atoms with E-state index in [4.69, 9.17) is 0 Å². The number of hydrogen-bond donors (Lipinski definition) is 1. The second-order valence-corrected chi connectivity index (χ2v) is 6.21. The zero-order chi connectivity index (χ0) is 13.2. The Morgan fingerprint density at radius 2 is 1.95 bits per heavy atom. The predicted molar refractivity (Wildman–Crippen MR) is 82.9 cm³/mol. The maximum atomic E-state index is 3.54. The van der Waals surface area contributed by atoms with Crippen LogP contribution in [0.25, 0.3) is 10.9 Å². The molecule has 0 unspecified atom stereocenters. The normalized spacial score (nSPS) is 18.2. The van der Waals surface area contributed by atoms with Gasteiger partial charge in [0.15, 0.2) is 0 Å². The molecule has 3 nitrogen and oxygen atoms in total. The highest BCUT2D eigenvalue weighted by molar-refractivity contribution is 7.98. The molecule has 3 rings (SSSR count). The topological polar surface area (TPSA) is 22.3 Å². The molecule has 2 aromatic rings. The van der Waals surface area contributed by atoms with E-state index in [1.165, 1.54) is 47.7 Å². The lowest BCUT2D eigenvalue weighted by Gasteiger charge is -2.31. The second-order valence-electron chi connectivity index (χ2n) is 5.33. The third kappa shape index (κ3) is 2.96. The monoisotopic (exact) mass is 275 g/mol. The number of fused-ring (bicyclic) bond motifs is 1. The summed E-state index contributed by atoms with van der Waals surface area (Å²) in [5, 5.41) is 1.33. The van der Waals surface area contributed by atoms with Crippen molar-refractivity contribution >= 4 is 22.7 Å². The van der Waals surface area contributed by atoms with Crippen molar-refractivity contribution in [1.82, 2.24) is 14.8 Å². The van der Waals surface area contributed by atoms with E-state index in [2.05, 4.69) is 52.4 Å². The van der Waals surface area contributed by atoms with Gasteiger partial charge < -0.3 is 9.88 Å². The van der Waals surface area contributed by atoms with E-state index in [1.807, 2.05) is 0 Å². The van der Waals surface area contributed by atoms with Gasteiger partial charge in [-0.15, -0.1) is 11.8 Å². The summed E-state index contributed by atoms with van der Waals surface area (Å²) < 4.78 is 0. The van der Waals surface area contributed by atoms with Crippen molar-refractivity contribution in [2.75, 3.05) is 39.5 Å². The van der Waals surface area contributed by atoms with E-state index >= 15 is 0 Å². The number of piperazine rings is 1. The molecule has 19 heavy (non-hydrogen) atoms. The Balaban J connectivity index is 1.74. The van der Waals surface area contributed by atoms with Gasteiger partial charge in [0.1, 0.15) is 0 Å². The van der Waals surface area contributed by atoms with Crippen molar-refractivity contribution in [1.29, 1.82) is 0 Å². The standard InChI is InChI=1S/C15H21N3S/c1-17-5-7-18(8-6-17)11-13-9-12-10-14(19-2)3-4-15(12)16-13/h3-4,9-10,16H,5-8,11H2,1-2H3. The van der Waals surface area contributed by atoms with Crippen LogP contribution < -0.4 is 0 Å². The molecule has 102 valence electrons. The van der Waals surface area contributed by atoms with Gasteiger partial charge in [-0.05, 0) is 37.6 Å². The van der Waals surface area contributed by atoms with E-state index in [0.717, 1.165) is 6.54 Å². The van der Waals surface area contributed by atoms with E-state index < -0.39 is 0 Å². The molecule has 1 aromatic heterocycles. The molecule has 1 saturated heterocycles. The first-order chi connectivity index (χ1) is 9.24. The summed E-state index contributed by atoms with van der Waals surface area (Å²) >= 11 is 1.80. The van der Waals surface area contributed by atoms with Crippen LogP contribution in [-0.2, 0) is 6.54 Å². The minimum Gasteiger partial charge on any atom is -0.357 e. The van der Waals surface area contributed by atoms with Crippen LogP contribution in [0.2, 0.25) is 0 Å². The van der Waals surface area contributed by atoms with Crippen LogP contribution in [0.4, 0.5) is 0 Å². The summed E-state index contributed by atoms with van der Waals surface area (Å²) in [5.74, 6) is 0. The van der Waals surface area contributed by atoms with Crippen molar-refractivity contribution in [2.45, 2.75) is 11.4 Å². The lowest BCUT2D eigenvalue weighted by molar-refractivity contribution is 0.147. The molecule has 0 aliphatic carbocycles. The molecular weight excluding hydrogens is 254 g/mol. The number of hydrogen-bond acceptors (Lipinski definition) is 3. The number of nitrogens with zero attached hydrogens (tertiary/aromatic N) is 2. The Labute approximate surface area is 119 Å². The van der Waals surface area contributed by atoms with Gasteiger partial charge in [-0.1, -0.05) is 0 Å². The van der Waals surface area contributed by atoms with Gasteiger partial charge >= 0.3 is 0 Å². The Morgan fingerprint density at radius 1 is 1.16 bits per heavy atom. The van der Waals surface area contributed by atoms with Crippen LogP contribution in [0.1, 0.15) is 5.69 Å². The first-order valence-corrected chi connectivity index (χ1v) is 8.03. The number of H-pyrrole nitrogens is 1. The van der Waals surface area contributed by atoms with Crippen molar-refractivity contribution < 1.29 is 0 Å². The van der Waals surface area contributed by atoms with Crippen LogP contribution in [0.5, 0.6) is 0 Å². The Hall–Kier alpha value is -0.970. The van der Waals surface area contributed by atoms with Crippen LogP contribution in [0.3, 0.4) is 0 Å². The van der Waals surface area contributed by atoms with Gasteiger partial charge in [-0.25, -0.2) is 0 Å². The summed E-state index contributed by atoms with van der Waals surface area (Å²) in [6.07, 6.45) is 2.12. The van der Waals surface area contributed by atoms with E-state index in [1.54, 1.807) is 11.8 Å². The van der Waals surface area contributed by atoms with Gasteiger partial charge in [-0.3, -0.25) is 4.90 Å². The zero-order valence-electron chi connectivity index (χ0n) is 11.6. The minimum atomic E-state index is 1.04. The fraction of sp³-hybridized carbons (Fsp3) is 0.467. The fourth-order valence-corrected chi connectivity index (χ4v) is 3.08. The highest BCUT2D eigenvalue weighted by Gasteiger charge is 2.14. The molecule has 1 aromatic carbocycles. The van der Waals surface area contributed by atoms with Gasteiger partial charge in [0.05, 0.1) is 0 Å².